The summed E-state index contributed by atoms with van der Waals surface area (Å²) in [5.41, 5.74) is 7.40. The summed E-state index contributed by atoms with van der Waals surface area (Å²) in [7, 11) is 2.16. The second kappa shape index (κ2) is 6.69. The van der Waals surface area contributed by atoms with Gasteiger partial charge in [0.2, 0.25) is 0 Å². The molecule has 2 nitrogen and oxygen atoms in total. The van der Waals surface area contributed by atoms with Crippen LogP contribution in [0.5, 0.6) is 0 Å². The van der Waals surface area contributed by atoms with Gasteiger partial charge in [0.1, 0.15) is 0 Å². The molecule has 0 unspecified atom stereocenters. The molecule has 0 aliphatic heterocycles. The Morgan fingerprint density at radius 1 is 1.11 bits per heavy atom. The van der Waals surface area contributed by atoms with Gasteiger partial charge in [-0.1, -0.05) is 49.4 Å². The number of fused-ring (bicyclic) bond motifs is 1. The van der Waals surface area contributed by atoms with Crippen molar-refractivity contribution in [1.82, 2.24) is 4.90 Å². The van der Waals surface area contributed by atoms with Crippen molar-refractivity contribution in [2.24, 2.45) is 5.73 Å². The van der Waals surface area contributed by atoms with Gasteiger partial charge in [0.15, 0.2) is 0 Å². The van der Waals surface area contributed by atoms with E-state index in [4.69, 9.17) is 5.73 Å². The van der Waals surface area contributed by atoms with Gasteiger partial charge >= 0.3 is 0 Å². The molecule has 0 fully saturated rings. The summed E-state index contributed by atoms with van der Waals surface area (Å²) in [5.74, 6) is 0.445. The van der Waals surface area contributed by atoms with Crippen molar-refractivity contribution in [2.75, 3.05) is 26.7 Å². The zero-order chi connectivity index (χ0) is 13.7. The number of hydrogen-bond donors (Lipinski definition) is 1. The van der Waals surface area contributed by atoms with Crippen LogP contribution in [0.3, 0.4) is 0 Å². The molecular weight excluding hydrogens is 232 g/mol. The maximum absolute atomic E-state index is 6.00. The maximum Gasteiger partial charge on any atom is -0.000753 e. The topological polar surface area (TPSA) is 29.3 Å². The number of rotatable bonds is 6. The Kier molecular flexibility index (Phi) is 4.94. The monoisotopic (exact) mass is 256 g/mol. The molecule has 0 aliphatic carbocycles. The largest absolute Gasteiger partial charge is 0.330 e. The van der Waals surface area contributed by atoms with Gasteiger partial charge in [0.25, 0.3) is 0 Å². The third kappa shape index (κ3) is 3.34. The lowest BCUT2D eigenvalue weighted by Gasteiger charge is -2.21. The molecule has 0 spiro atoms. The zero-order valence-electron chi connectivity index (χ0n) is 12.0. The molecule has 2 aromatic rings. The SMILES string of the molecule is CCN(C)CC[C@@H](CN)c1cccc2ccccc12. The van der Waals surface area contributed by atoms with E-state index in [1.165, 1.54) is 16.3 Å². The predicted molar refractivity (Wildman–Crippen MR) is 83.5 cm³/mol. The van der Waals surface area contributed by atoms with Gasteiger partial charge in [0, 0.05) is 0 Å². The molecule has 0 radical (unpaired) electrons. The fourth-order valence-electron chi connectivity index (χ4n) is 2.54. The molecule has 0 saturated carbocycles. The number of nitrogens with two attached hydrogens (primary N) is 1. The van der Waals surface area contributed by atoms with Gasteiger partial charge in [-0.25, -0.2) is 0 Å². The van der Waals surface area contributed by atoms with Crippen molar-refractivity contribution in [3.8, 4) is 0 Å². The average molecular weight is 256 g/mol. The minimum absolute atomic E-state index is 0.445. The second-order valence-electron chi connectivity index (χ2n) is 5.19. The van der Waals surface area contributed by atoms with Gasteiger partial charge in [-0.3, -0.25) is 0 Å². The first kappa shape index (κ1) is 14.0. The molecule has 0 saturated heterocycles. The van der Waals surface area contributed by atoms with Crippen LogP contribution in [0, 0.1) is 0 Å². The Morgan fingerprint density at radius 3 is 2.58 bits per heavy atom. The van der Waals surface area contributed by atoms with Gasteiger partial charge in [0.05, 0.1) is 0 Å². The highest BCUT2D eigenvalue weighted by atomic mass is 15.1. The molecule has 2 heteroatoms. The highest BCUT2D eigenvalue weighted by Crippen LogP contribution is 2.27. The molecule has 0 aliphatic rings. The van der Waals surface area contributed by atoms with E-state index in [1.54, 1.807) is 0 Å². The lowest BCUT2D eigenvalue weighted by Crippen LogP contribution is -2.23. The van der Waals surface area contributed by atoms with Crippen LogP contribution in [-0.2, 0) is 0 Å². The molecule has 2 aromatic carbocycles. The van der Waals surface area contributed by atoms with Crippen molar-refractivity contribution in [1.29, 1.82) is 0 Å². The van der Waals surface area contributed by atoms with Crippen molar-refractivity contribution >= 4 is 10.8 Å². The highest BCUT2D eigenvalue weighted by Gasteiger charge is 2.13. The van der Waals surface area contributed by atoms with Crippen molar-refractivity contribution in [3.63, 3.8) is 0 Å². The second-order valence-corrected chi connectivity index (χ2v) is 5.19. The van der Waals surface area contributed by atoms with E-state index in [-0.39, 0.29) is 0 Å². The van der Waals surface area contributed by atoms with E-state index in [2.05, 4.69) is 61.3 Å². The molecule has 2 N–H and O–H groups in total. The first-order chi connectivity index (χ1) is 9.26. The Labute approximate surface area is 116 Å². The van der Waals surface area contributed by atoms with Crippen LogP contribution in [0.2, 0.25) is 0 Å². The number of nitrogens with zero attached hydrogens (tertiary/aromatic N) is 1. The van der Waals surface area contributed by atoms with Gasteiger partial charge in [-0.2, -0.15) is 0 Å². The molecular formula is C17H24N2. The minimum atomic E-state index is 0.445. The van der Waals surface area contributed by atoms with Crippen LogP contribution in [0.25, 0.3) is 10.8 Å². The molecule has 0 heterocycles. The first-order valence-corrected chi connectivity index (χ1v) is 7.12. The third-order valence-corrected chi connectivity index (χ3v) is 3.95. The molecule has 1 atom stereocenters. The molecule has 0 bridgehead atoms. The van der Waals surface area contributed by atoms with Crippen LogP contribution in [-0.4, -0.2) is 31.6 Å². The molecule has 19 heavy (non-hydrogen) atoms. The van der Waals surface area contributed by atoms with E-state index in [0.717, 1.165) is 19.5 Å². The van der Waals surface area contributed by atoms with E-state index in [9.17, 15) is 0 Å². The minimum Gasteiger partial charge on any atom is -0.330 e. The summed E-state index contributed by atoms with van der Waals surface area (Å²) in [6.07, 6.45) is 1.12. The molecule has 0 amide bonds. The average Bonchev–Trinajstić information content (AvgIpc) is 2.47. The first-order valence-electron chi connectivity index (χ1n) is 7.12. The standard InChI is InChI=1S/C17H24N2/c1-3-19(2)12-11-15(13-18)17-10-6-8-14-7-4-5-9-16(14)17/h4-10,15H,3,11-13,18H2,1-2H3/t15-/m0/s1. The predicted octanol–water partition coefficient (Wildman–Crippen LogP) is 3.22. The fourth-order valence-corrected chi connectivity index (χ4v) is 2.54. The van der Waals surface area contributed by atoms with Crippen molar-refractivity contribution in [2.45, 2.75) is 19.3 Å². The number of benzene rings is 2. The number of hydrogen-bond acceptors (Lipinski definition) is 2. The van der Waals surface area contributed by atoms with Crippen molar-refractivity contribution < 1.29 is 0 Å². The summed E-state index contributed by atoms with van der Waals surface area (Å²) in [4.78, 5) is 2.34. The normalized spacial score (nSPS) is 13.1. The molecule has 2 rings (SSSR count). The quantitative estimate of drug-likeness (QED) is 0.860. The summed E-state index contributed by atoms with van der Waals surface area (Å²) >= 11 is 0. The smallest absolute Gasteiger partial charge is 0.000753 e. The Hall–Kier alpha value is -1.38. The van der Waals surface area contributed by atoms with Gasteiger partial charge in [-0.05, 0) is 55.4 Å². The Balaban J connectivity index is 2.25. The lowest BCUT2D eigenvalue weighted by molar-refractivity contribution is 0.335. The lowest BCUT2D eigenvalue weighted by atomic mass is 9.91. The summed E-state index contributed by atoms with van der Waals surface area (Å²) in [6, 6.07) is 15.1. The van der Waals surface area contributed by atoms with E-state index >= 15 is 0 Å². The van der Waals surface area contributed by atoms with E-state index < -0.39 is 0 Å². The van der Waals surface area contributed by atoms with Crippen LogP contribution >= 0.6 is 0 Å². The Morgan fingerprint density at radius 2 is 1.84 bits per heavy atom. The maximum atomic E-state index is 6.00. The molecule has 0 aromatic heterocycles. The summed E-state index contributed by atoms with van der Waals surface area (Å²) in [6.45, 7) is 5.09. The Bertz CT molecular complexity index is 516. The fraction of sp³-hybridized carbons (Fsp3) is 0.412. The summed E-state index contributed by atoms with van der Waals surface area (Å²) < 4.78 is 0. The van der Waals surface area contributed by atoms with Gasteiger partial charge < -0.3 is 10.6 Å². The van der Waals surface area contributed by atoms with Crippen LogP contribution < -0.4 is 5.73 Å². The highest BCUT2D eigenvalue weighted by molar-refractivity contribution is 5.86. The van der Waals surface area contributed by atoms with Crippen molar-refractivity contribution in [3.05, 3.63) is 48.0 Å². The summed E-state index contributed by atoms with van der Waals surface area (Å²) in [5, 5.41) is 2.65. The van der Waals surface area contributed by atoms with Crippen LogP contribution in [0.15, 0.2) is 42.5 Å². The van der Waals surface area contributed by atoms with Crippen LogP contribution in [0.1, 0.15) is 24.8 Å². The van der Waals surface area contributed by atoms with E-state index in [1.807, 2.05) is 0 Å². The third-order valence-electron chi connectivity index (χ3n) is 3.95. The van der Waals surface area contributed by atoms with Crippen LogP contribution in [0.4, 0.5) is 0 Å². The molecule has 102 valence electrons. The zero-order valence-corrected chi connectivity index (χ0v) is 12.0. The van der Waals surface area contributed by atoms with Gasteiger partial charge in [-0.15, -0.1) is 0 Å². The van der Waals surface area contributed by atoms with E-state index in [0.29, 0.717) is 12.5 Å².